The second-order valence-corrected chi connectivity index (χ2v) is 8.52. The number of ether oxygens (including phenoxy) is 1. The third-order valence-corrected chi connectivity index (χ3v) is 6.22. The molecule has 1 aromatic carbocycles. The Kier molecular flexibility index (Phi) is 5.77. The number of rotatable bonds is 5. The number of halogens is 1. The van der Waals surface area contributed by atoms with Crippen LogP contribution < -0.4 is 4.74 Å². The van der Waals surface area contributed by atoms with Crippen molar-refractivity contribution in [3.63, 3.8) is 0 Å². The van der Waals surface area contributed by atoms with Gasteiger partial charge in [0.15, 0.2) is 0 Å². The Morgan fingerprint density at radius 1 is 1.31 bits per heavy atom. The van der Waals surface area contributed by atoms with Crippen LogP contribution >= 0.6 is 11.6 Å². The number of sulfonamides is 1. The maximum absolute atomic E-state index is 12.7. The molecule has 0 spiro atoms. The molecule has 0 radical (unpaired) electrons. The predicted octanol–water partition coefficient (Wildman–Crippen LogP) is 2.98. The number of nitrogens with zero attached hydrogens (tertiary/aromatic N) is 3. The van der Waals surface area contributed by atoms with Gasteiger partial charge in [-0.15, -0.1) is 0 Å². The van der Waals surface area contributed by atoms with Crippen LogP contribution in [-0.4, -0.2) is 36.9 Å². The highest BCUT2D eigenvalue weighted by atomic mass is 35.5. The number of nitriles is 1. The quantitative estimate of drug-likeness (QED) is 0.782. The first-order chi connectivity index (χ1) is 12.5. The summed E-state index contributed by atoms with van der Waals surface area (Å²) in [7, 11) is -3.45. The number of pyridine rings is 1. The van der Waals surface area contributed by atoms with Gasteiger partial charge in [-0.25, -0.2) is 13.4 Å². The van der Waals surface area contributed by atoms with Crippen molar-refractivity contribution in [1.82, 2.24) is 9.29 Å². The summed E-state index contributed by atoms with van der Waals surface area (Å²) in [5.74, 6) is 0.269. The molecule has 1 fully saturated rings. The van der Waals surface area contributed by atoms with Crippen LogP contribution in [0.25, 0.3) is 0 Å². The molecule has 0 N–H and O–H groups in total. The molecule has 3 rings (SSSR count). The van der Waals surface area contributed by atoms with Crippen LogP contribution in [-0.2, 0) is 15.8 Å². The Hall–Kier alpha value is -2.14. The summed E-state index contributed by atoms with van der Waals surface area (Å²) in [6.07, 6.45) is 2.67. The van der Waals surface area contributed by atoms with Crippen molar-refractivity contribution in [3.05, 3.63) is 58.7 Å². The highest BCUT2D eigenvalue weighted by molar-refractivity contribution is 7.88. The Morgan fingerprint density at radius 2 is 2.08 bits per heavy atom. The average Bonchev–Trinajstić information content (AvgIpc) is 2.64. The van der Waals surface area contributed by atoms with Crippen LogP contribution in [0.3, 0.4) is 0 Å². The molecule has 2 heterocycles. The molecule has 1 aliphatic heterocycles. The maximum Gasteiger partial charge on any atom is 0.218 e. The minimum Gasteiger partial charge on any atom is -0.473 e. The van der Waals surface area contributed by atoms with Gasteiger partial charge in [0.2, 0.25) is 15.9 Å². The monoisotopic (exact) mass is 391 g/mol. The van der Waals surface area contributed by atoms with Crippen molar-refractivity contribution in [2.45, 2.75) is 24.7 Å². The number of aromatic nitrogens is 1. The van der Waals surface area contributed by atoms with E-state index in [4.69, 9.17) is 21.6 Å². The summed E-state index contributed by atoms with van der Waals surface area (Å²) >= 11 is 5.85. The van der Waals surface area contributed by atoms with E-state index in [1.54, 1.807) is 36.4 Å². The van der Waals surface area contributed by atoms with Gasteiger partial charge in [0.1, 0.15) is 6.10 Å². The molecule has 1 aromatic heterocycles. The van der Waals surface area contributed by atoms with Crippen molar-refractivity contribution in [3.8, 4) is 11.9 Å². The zero-order valence-corrected chi connectivity index (χ0v) is 15.6. The first kappa shape index (κ1) is 18.6. The summed E-state index contributed by atoms with van der Waals surface area (Å²) in [6, 6.07) is 12.0. The van der Waals surface area contributed by atoms with Crippen LogP contribution in [0.2, 0.25) is 5.02 Å². The van der Waals surface area contributed by atoms with E-state index in [0.717, 1.165) is 6.42 Å². The first-order valence-electron chi connectivity index (χ1n) is 8.21. The molecule has 0 saturated carbocycles. The molecule has 1 atom stereocenters. The molecule has 136 valence electrons. The minimum absolute atomic E-state index is 0.0704. The van der Waals surface area contributed by atoms with Crippen molar-refractivity contribution in [1.29, 1.82) is 5.26 Å². The van der Waals surface area contributed by atoms with E-state index < -0.39 is 10.0 Å². The Bertz CT molecular complexity index is 910. The topological polar surface area (TPSA) is 83.3 Å². The fourth-order valence-electron chi connectivity index (χ4n) is 2.85. The summed E-state index contributed by atoms with van der Waals surface area (Å²) in [6.45, 7) is 0.746. The molecule has 8 heteroatoms. The number of hydrogen-bond acceptors (Lipinski definition) is 5. The lowest BCUT2D eigenvalue weighted by atomic mass is 10.1. The van der Waals surface area contributed by atoms with Gasteiger partial charge < -0.3 is 4.74 Å². The summed E-state index contributed by atoms with van der Waals surface area (Å²) < 4.78 is 32.7. The summed E-state index contributed by atoms with van der Waals surface area (Å²) in [5, 5.41) is 9.52. The van der Waals surface area contributed by atoms with Crippen molar-refractivity contribution in [2.24, 2.45) is 0 Å². The van der Waals surface area contributed by atoms with Crippen molar-refractivity contribution >= 4 is 21.6 Å². The molecular weight excluding hydrogens is 374 g/mol. The standard InChI is InChI=1S/C18H18ClN3O3S/c19-16-5-3-14(4-6-16)13-26(23,24)22-9-1-2-17(12-22)25-18-10-15(11-20)7-8-21-18/h3-8,10,17H,1-2,9,12-13H2/t17-/m1/s1. The molecule has 0 bridgehead atoms. The molecule has 0 aliphatic carbocycles. The Labute approximate surface area is 158 Å². The molecule has 1 saturated heterocycles. The average molecular weight is 392 g/mol. The van der Waals surface area contributed by atoms with E-state index in [-0.39, 0.29) is 18.4 Å². The molecule has 0 amide bonds. The number of piperidine rings is 1. The Morgan fingerprint density at radius 3 is 2.81 bits per heavy atom. The lowest BCUT2D eigenvalue weighted by Crippen LogP contribution is -2.44. The molecular formula is C18H18ClN3O3S. The maximum atomic E-state index is 12.7. The SMILES string of the molecule is N#Cc1ccnc(O[C@@H]2CCCN(S(=O)(=O)Cc3ccc(Cl)cc3)C2)c1. The third-order valence-electron chi connectivity index (χ3n) is 4.15. The smallest absolute Gasteiger partial charge is 0.218 e. The minimum atomic E-state index is -3.45. The van der Waals surface area contributed by atoms with E-state index in [1.807, 2.05) is 6.07 Å². The van der Waals surface area contributed by atoms with E-state index in [0.29, 0.717) is 35.0 Å². The van der Waals surface area contributed by atoms with Crippen LogP contribution in [0.15, 0.2) is 42.6 Å². The van der Waals surface area contributed by atoms with Gasteiger partial charge in [0, 0.05) is 23.8 Å². The van der Waals surface area contributed by atoms with E-state index in [1.165, 1.54) is 10.5 Å². The van der Waals surface area contributed by atoms with Gasteiger partial charge in [-0.2, -0.15) is 9.57 Å². The zero-order chi connectivity index (χ0) is 18.6. The molecule has 26 heavy (non-hydrogen) atoms. The fourth-order valence-corrected chi connectivity index (χ4v) is 4.57. The van der Waals surface area contributed by atoms with Crippen LogP contribution in [0.4, 0.5) is 0 Å². The molecule has 1 aliphatic rings. The van der Waals surface area contributed by atoms with Crippen LogP contribution in [0, 0.1) is 11.3 Å². The zero-order valence-electron chi connectivity index (χ0n) is 14.0. The normalized spacial score (nSPS) is 18.2. The third kappa shape index (κ3) is 4.73. The molecule has 2 aromatic rings. The van der Waals surface area contributed by atoms with Gasteiger partial charge >= 0.3 is 0 Å². The fraction of sp³-hybridized carbons (Fsp3) is 0.333. The number of hydrogen-bond donors (Lipinski definition) is 0. The van der Waals surface area contributed by atoms with Gasteiger partial charge in [0.05, 0.1) is 23.9 Å². The van der Waals surface area contributed by atoms with Gasteiger partial charge in [-0.3, -0.25) is 0 Å². The summed E-state index contributed by atoms with van der Waals surface area (Å²) in [4.78, 5) is 4.09. The van der Waals surface area contributed by atoms with Crippen LogP contribution in [0.5, 0.6) is 5.88 Å². The highest BCUT2D eigenvalue weighted by Crippen LogP contribution is 2.22. The lowest BCUT2D eigenvalue weighted by molar-refractivity contribution is 0.124. The first-order valence-corrected chi connectivity index (χ1v) is 10.2. The lowest BCUT2D eigenvalue weighted by Gasteiger charge is -2.31. The highest BCUT2D eigenvalue weighted by Gasteiger charge is 2.30. The van der Waals surface area contributed by atoms with E-state index in [9.17, 15) is 8.42 Å². The van der Waals surface area contributed by atoms with Gasteiger partial charge in [0.25, 0.3) is 0 Å². The number of benzene rings is 1. The van der Waals surface area contributed by atoms with E-state index in [2.05, 4.69) is 4.98 Å². The molecule has 0 unspecified atom stereocenters. The predicted molar refractivity (Wildman–Crippen MR) is 98.3 cm³/mol. The van der Waals surface area contributed by atoms with E-state index >= 15 is 0 Å². The van der Waals surface area contributed by atoms with Crippen LogP contribution in [0.1, 0.15) is 24.0 Å². The summed E-state index contributed by atoms with van der Waals surface area (Å²) in [5.41, 5.74) is 1.15. The van der Waals surface area contributed by atoms with Gasteiger partial charge in [-0.05, 0) is 36.6 Å². The largest absolute Gasteiger partial charge is 0.473 e. The van der Waals surface area contributed by atoms with Crippen molar-refractivity contribution in [2.75, 3.05) is 13.1 Å². The molecule has 6 nitrogen and oxygen atoms in total. The van der Waals surface area contributed by atoms with Gasteiger partial charge in [-0.1, -0.05) is 23.7 Å². The Balaban J connectivity index is 1.67. The van der Waals surface area contributed by atoms with Crippen molar-refractivity contribution < 1.29 is 13.2 Å². The second kappa shape index (κ2) is 8.04. The second-order valence-electron chi connectivity index (χ2n) is 6.12.